The molecule has 25 heavy (non-hydrogen) atoms. The summed E-state index contributed by atoms with van der Waals surface area (Å²) in [5.74, 6) is -1.31. The van der Waals surface area contributed by atoms with E-state index in [0.717, 1.165) is 19.0 Å². The Bertz CT molecular complexity index is 606. The zero-order chi connectivity index (χ0) is 17.5. The lowest BCUT2D eigenvalue weighted by Crippen LogP contribution is -2.47. The Balaban J connectivity index is 0.00000312. The predicted molar refractivity (Wildman–Crippen MR) is 92.8 cm³/mol. The van der Waals surface area contributed by atoms with Crippen molar-refractivity contribution >= 4 is 30.1 Å². The van der Waals surface area contributed by atoms with Crippen LogP contribution in [0.2, 0.25) is 0 Å². The number of amides is 2. The van der Waals surface area contributed by atoms with Crippen LogP contribution in [0.4, 0.5) is 5.88 Å². The normalized spacial score (nSPS) is 16.4. The summed E-state index contributed by atoms with van der Waals surface area (Å²) in [7, 11) is 0. The second kappa shape index (κ2) is 10.00. The minimum absolute atomic E-state index is 0. The van der Waals surface area contributed by atoms with Gasteiger partial charge in [-0.2, -0.15) is 0 Å². The van der Waals surface area contributed by atoms with Gasteiger partial charge in [0.1, 0.15) is 11.0 Å². The molecule has 10 heteroatoms. The van der Waals surface area contributed by atoms with Gasteiger partial charge in [0, 0.05) is 19.6 Å². The Morgan fingerprint density at radius 2 is 2.12 bits per heavy atom. The molecule has 0 radical (unpaired) electrons. The van der Waals surface area contributed by atoms with Gasteiger partial charge in [-0.15, -0.1) is 12.4 Å². The molecule has 1 aromatic rings. The number of halogens is 1. The fourth-order valence-electron chi connectivity index (χ4n) is 2.66. The SMILES string of the molecule is CCCNCCNC(=O)C1CCCN1C(=O)c1ccc([N+](=O)[O-])o1.Cl. The number of likely N-dealkylation sites (tertiary alicyclic amines) is 1. The van der Waals surface area contributed by atoms with Crippen molar-refractivity contribution in [3.63, 3.8) is 0 Å². The largest absolute Gasteiger partial charge is 0.433 e. The molecule has 0 bridgehead atoms. The summed E-state index contributed by atoms with van der Waals surface area (Å²) >= 11 is 0. The van der Waals surface area contributed by atoms with E-state index in [2.05, 4.69) is 17.6 Å². The lowest BCUT2D eigenvalue weighted by molar-refractivity contribution is -0.402. The predicted octanol–water partition coefficient (Wildman–Crippen LogP) is 1.33. The molecular formula is C15H23ClN4O5. The number of carbonyl (C=O) groups is 2. The number of carbonyl (C=O) groups excluding carboxylic acids is 2. The van der Waals surface area contributed by atoms with Crippen molar-refractivity contribution < 1.29 is 18.9 Å². The summed E-state index contributed by atoms with van der Waals surface area (Å²) in [4.78, 5) is 36.1. The van der Waals surface area contributed by atoms with E-state index >= 15 is 0 Å². The Kier molecular flexibility index (Phi) is 8.36. The number of hydrogen-bond acceptors (Lipinski definition) is 6. The highest BCUT2D eigenvalue weighted by molar-refractivity contribution is 5.96. The Hall–Kier alpha value is -2.13. The van der Waals surface area contributed by atoms with Gasteiger partial charge in [0.15, 0.2) is 5.76 Å². The molecule has 2 amide bonds. The maximum absolute atomic E-state index is 12.4. The average Bonchev–Trinajstić information content (AvgIpc) is 3.23. The first-order chi connectivity index (χ1) is 11.5. The van der Waals surface area contributed by atoms with E-state index in [9.17, 15) is 19.7 Å². The lowest BCUT2D eigenvalue weighted by atomic mass is 10.2. The van der Waals surface area contributed by atoms with Gasteiger partial charge in [0.25, 0.3) is 5.91 Å². The van der Waals surface area contributed by atoms with Crippen molar-refractivity contribution in [1.82, 2.24) is 15.5 Å². The fraction of sp³-hybridized carbons (Fsp3) is 0.600. The number of hydrogen-bond donors (Lipinski definition) is 2. The molecule has 1 aliphatic heterocycles. The Morgan fingerprint density at radius 1 is 1.36 bits per heavy atom. The van der Waals surface area contributed by atoms with Crippen molar-refractivity contribution in [3.05, 3.63) is 28.0 Å². The lowest BCUT2D eigenvalue weighted by Gasteiger charge is -2.22. The zero-order valence-corrected chi connectivity index (χ0v) is 14.8. The highest BCUT2D eigenvalue weighted by Gasteiger charge is 2.36. The third-order valence-electron chi connectivity index (χ3n) is 3.83. The topological polar surface area (TPSA) is 118 Å². The van der Waals surface area contributed by atoms with Gasteiger partial charge in [-0.05, 0) is 31.9 Å². The van der Waals surface area contributed by atoms with Gasteiger partial charge >= 0.3 is 5.88 Å². The molecule has 0 spiro atoms. The van der Waals surface area contributed by atoms with Crippen molar-refractivity contribution in [1.29, 1.82) is 0 Å². The van der Waals surface area contributed by atoms with Crippen molar-refractivity contribution in [2.45, 2.75) is 32.2 Å². The standard InChI is InChI=1S/C15H22N4O5.ClH/c1-2-7-16-8-9-17-14(20)11-4-3-10-18(11)15(21)12-5-6-13(24-12)19(22)23;/h5-6,11,16H,2-4,7-10H2,1H3,(H,17,20);1H. The number of nitro groups is 1. The minimum atomic E-state index is -0.700. The molecule has 0 saturated carbocycles. The van der Waals surface area contributed by atoms with Crippen LogP contribution in [0, 0.1) is 10.1 Å². The molecule has 1 unspecified atom stereocenters. The molecule has 1 atom stereocenters. The second-order valence-corrected chi connectivity index (χ2v) is 5.59. The second-order valence-electron chi connectivity index (χ2n) is 5.59. The first-order valence-electron chi connectivity index (χ1n) is 8.08. The van der Waals surface area contributed by atoms with E-state index in [1.807, 2.05) is 0 Å². The zero-order valence-electron chi connectivity index (χ0n) is 14.0. The first kappa shape index (κ1) is 20.9. The summed E-state index contributed by atoms with van der Waals surface area (Å²) in [6.07, 6.45) is 2.30. The van der Waals surface area contributed by atoms with Crippen molar-refractivity contribution in [2.75, 3.05) is 26.2 Å². The molecule has 0 aromatic carbocycles. The molecule has 2 rings (SSSR count). The van der Waals surface area contributed by atoms with Crippen LogP contribution in [0.15, 0.2) is 16.5 Å². The summed E-state index contributed by atoms with van der Waals surface area (Å²) in [5.41, 5.74) is 0. The molecule has 2 N–H and O–H groups in total. The van der Waals surface area contributed by atoms with E-state index in [1.54, 1.807) is 0 Å². The van der Waals surface area contributed by atoms with Crippen LogP contribution in [0.5, 0.6) is 0 Å². The third-order valence-corrected chi connectivity index (χ3v) is 3.83. The number of rotatable bonds is 8. The van der Waals surface area contributed by atoms with Gasteiger partial charge in [-0.3, -0.25) is 19.7 Å². The first-order valence-corrected chi connectivity index (χ1v) is 8.08. The van der Waals surface area contributed by atoms with Crippen LogP contribution in [-0.2, 0) is 4.79 Å². The number of nitrogens with one attached hydrogen (secondary N) is 2. The van der Waals surface area contributed by atoms with E-state index in [1.165, 1.54) is 11.0 Å². The van der Waals surface area contributed by atoms with Crippen LogP contribution >= 0.6 is 12.4 Å². The Morgan fingerprint density at radius 3 is 2.76 bits per heavy atom. The molecule has 9 nitrogen and oxygen atoms in total. The molecule has 0 aliphatic carbocycles. The van der Waals surface area contributed by atoms with Gasteiger partial charge in [0.2, 0.25) is 5.91 Å². The van der Waals surface area contributed by atoms with Crippen LogP contribution in [-0.4, -0.2) is 53.9 Å². The summed E-state index contributed by atoms with van der Waals surface area (Å²) in [6, 6.07) is 1.84. The third kappa shape index (κ3) is 5.43. The van der Waals surface area contributed by atoms with Crippen LogP contribution in [0.1, 0.15) is 36.7 Å². The highest BCUT2D eigenvalue weighted by atomic mass is 35.5. The van der Waals surface area contributed by atoms with E-state index in [0.29, 0.717) is 32.5 Å². The molecule has 1 fully saturated rings. The molecule has 1 aliphatic rings. The summed E-state index contributed by atoms with van der Waals surface area (Å²) in [6.45, 7) is 4.54. The highest BCUT2D eigenvalue weighted by Crippen LogP contribution is 2.23. The van der Waals surface area contributed by atoms with Gasteiger partial charge < -0.3 is 20.0 Å². The monoisotopic (exact) mass is 374 g/mol. The van der Waals surface area contributed by atoms with Crippen molar-refractivity contribution in [3.8, 4) is 0 Å². The van der Waals surface area contributed by atoms with Crippen molar-refractivity contribution in [2.24, 2.45) is 0 Å². The van der Waals surface area contributed by atoms with Crippen LogP contribution in [0.3, 0.4) is 0 Å². The molecule has 1 saturated heterocycles. The number of nitrogens with zero attached hydrogens (tertiary/aromatic N) is 2. The quantitative estimate of drug-likeness (QED) is 0.402. The van der Waals surface area contributed by atoms with Gasteiger partial charge in [-0.1, -0.05) is 6.92 Å². The van der Waals surface area contributed by atoms with Gasteiger partial charge in [0.05, 0.1) is 6.07 Å². The molecule has 1 aromatic heterocycles. The summed E-state index contributed by atoms with van der Waals surface area (Å²) < 4.78 is 4.94. The van der Waals surface area contributed by atoms with E-state index < -0.39 is 22.8 Å². The Labute approximate surface area is 151 Å². The fourth-order valence-corrected chi connectivity index (χ4v) is 2.66. The molecule has 140 valence electrons. The van der Waals surface area contributed by atoms with E-state index in [4.69, 9.17) is 4.42 Å². The van der Waals surface area contributed by atoms with E-state index in [-0.39, 0.29) is 24.1 Å². The minimum Gasteiger partial charge on any atom is -0.395 e. The van der Waals surface area contributed by atoms with Gasteiger partial charge in [-0.25, -0.2) is 0 Å². The molecule has 2 heterocycles. The van der Waals surface area contributed by atoms with Crippen LogP contribution < -0.4 is 10.6 Å². The number of furan rings is 1. The maximum Gasteiger partial charge on any atom is 0.433 e. The smallest absolute Gasteiger partial charge is 0.395 e. The van der Waals surface area contributed by atoms with Crippen LogP contribution in [0.25, 0.3) is 0 Å². The molecular weight excluding hydrogens is 352 g/mol. The average molecular weight is 375 g/mol. The maximum atomic E-state index is 12.4. The summed E-state index contributed by atoms with van der Waals surface area (Å²) in [5, 5.41) is 16.6.